The molecule has 2 aliphatic rings. The second kappa shape index (κ2) is 14.8. The molecule has 1 saturated heterocycles. The van der Waals surface area contributed by atoms with Crippen LogP contribution in [0.4, 0.5) is 0 Å². The van der Waals surface area contributed by atoms with Crippen molar-refractivity contribution in [2.75, 3.05) is 60.0 Å². The SMILES string of the molecule is CN=C(NCCCOC1CCCCC1)NCC(C(C)C)N1CCN(C)CC1.I. The van der Waals surface area contributed by atoms with Crippen LogP contribution in [0, 0.1) is 5.92 Å². The summed E-state index contributed by atoms with van der Waals surface area (Å²) in [5.74, 6) is 1.54. The maximum atomic E-state index is 6.01. The molecular weight excluding hydrogens is 465 g/mol. The molecule has 0 aromatic heterocycles. The fourth-order valence-corrected chi connectivity index (χ4v) is 4.12. The van der Waals surface area contributed by atoms with Crippen molar-refractivity contribution < 1.29 is 4.74 Å². The van der Waals surface area contributed by atoms with Gasteiger partial charge in [-0.15, -0.1) is 24.0 Å². The Bertz CT molecular complexity index is 421. The topological polar surface area (TPSA) is 52.1 Å². The summed E-state index contributed by atoms with van der Waals surface area (Å²) < 4.78 is 6.01. The molecule has 1 heterocycles. The number of guanidine groups is 1. The number of halogens is 1. The van der Waals surface area contributed by atoms with Gasteiger partial charge in [-0.25, -0.2) is 0 Å². The Kier molecular flexibility index (Phi) is 13.7. The van der Waals surface area contributed by atoms with Gasteiger partial charge in [0.15, 0.2) is 5.96 Å². The highest BCUT2D eigenvalue weighted by atomic mass is 127. The van der Waals surface area contributed by atoms with Crippen LogP contribution in [0.3, 0.4) is 0 Å². The van der Waals surface area contributed by atoms with E-state index in [-0.39, 0.29) is 24.0 Å². The molecule has 1 aliphatic heterocycles. The molecule has 0 aromatic rings. The summed E-state index contributed by atoms with van der Waals surface area (Å²) >= 11 is 0. The summed E-state index contributed by atoms with van der Waals surface area (Å²) in [6, 6.07) is 0.548. The van der Waals surface area contributed by atoms with Gasteiger partial charge >= 0.3 is 0 Å². The van der Waals surface area contributed by atoms with Gasteiger partial charge in [-0.05, 0) is 32.2 Å². The van der Waals surface area contributed by atoms with E-state index in [4.69, 9.17) is 4.74 Å². The van der Waals surface area contributed by atoms with Gasteiger partial charge in [-0.3, -0.25) is 9.89 Å². The molecule has 7 heteroatoms. The van der Waals surface area contributed by atoms with Crippen molar-refractivity contribution in [3.8, 4) is 0 Å². The average Bonchev–Trinajstić information content (AvgIpc) is 2.68. The molecule has 28 heavy (non-hydrogen) atoms. The predicted molar refractivity (Wildman–Crippen MR) is 130 cm³/mol. The van der Waals surface area contributed by atoms with Crippen molar-refractivity contribution in [1.82, 2.24) is 20.4 Å². The third-order valence-corrected chi connectivity index (χ3v) is 6.00. The lowest BCUT2D eigenvalue weighted by Gasteiger charge is -2.40. The number of ether oxygens (including phenoxy) is 1. The smallest absolute Gasteiger partial charge is 0.191 e. The number of nitrogens with one attached hydrogen (secondary N) is 2. The zero-order valence-corrected chi connectivity index (χ0v) is 20.9. The first-order chi connectivity index (χ1) is 13.1. The minimum absolute atomic E-state index is 0. The number of nitrogens with zero attached hydrogens (tertiary/aromatic N) is 3. The van der Waals surface area contributed by atoms with Crippen LogP contribution >= 0.6 is 24.0 Å². The Morgan fingerprint density at radius 1 is 1.07 bits per heavy atom. The highest BCUT2D eigenvalue weighted by Gasteiger charge is 2.25. The number of aliphatic imine (C=N–C) groups is 1. The molecule has 2 fully saturated rings. The first-order valence-electron chi connectivity index (χ1n) is 11.1. The van der Waals surface area contributed by atoms with Crippen molar-refractivity contribution in [2.24, 2.45) is 10.9 Å². The van der Waals surface area contributed by atoms with E-state index in [9.17, 15) is 0 Å². The van der Waals surface area contributed by atoms with E-state index in [0.717, 1.165) is 58.3 Å². The second-order valence-corrected chi connectivity index (χ2v) is 8.51. The van der Waals surface area contributed by atoms with Crippen LogP contribution < -0.4 is 10.6 Å². The van der Waals surface area contributed by atoms with Crippen LogP contribution in [0.1, 0.15) is 52.4 Å². The maximum Gasteiger partial charge on any atom is 0.191 e. The van der Waals surface area contributed by atoms with E-state index in [0.29, 0.717) is 18.1 Å². The van der Waals surface area contributed by atoms with Gasteiger partial charge in [-0.2, -0.15) is 0 Å². The fourth-order valence-electron chi connectivity index (χ4n) is 4.12. The zero-order chi connectivity index (χ0) is 19.5. The lowest BCUT2D eigenvalue weighted by Crippen LogP contribution is -2.55. The molecule has 2 N–H and O–H groups in total. The standard InChI is InChI=1S/C21H43N5O.HI/c1-18(2)20(26-14-12-25(4)13-15-26)17-24-21(22-3)23-11-8-16-27-19-9-6-5-7-10-19;/h18-20H,5-17H2,1-4H3,(H2,22,23,24);1H. The van der Waals surface area contributed by atoms with Gasteiger partial charge in [0.25, 0.3) is 0 Å². The van der Waals surface area contributed by atoms with Gasteiger partial charge in [0.1, 0.15) is 0 Å². The number of rotatable bonds is 9. The lowest BCUT2D eigenvalue weighted by atomic mass is 9.98. The number of piperazine rings is 1. The van der Waals surface area contributed by atoms with Gasteiger partial charge in [0, 0.05) is 59.0 Å². The monoisotopic (exact) mass is 509 g/mol. The predicted octanol–water partition coefficient (Wildman–Crippen LogP) is 2.78. The summed E-state index contributed by atoms with van der Waals surface area (Å²) in [6.45, 7) is 12.0. The molecule has 6 nitrogen and oxygen atoms in total. The molecule has 1 atom stereocenters. The Labute approximate surface area is 190 Å². The first-order valence-corrected chi connectivity index (χ1v) is 11.1. The van der Waals surface area contributed by atoms with Crippen LogP contribution in [0.2, 0.25) is 0 Å². The van der Waals surface area contributed by atoms with Gasteiger partial charge in [-0.1, -0.05) is 33.1 Å². The van der Waals surface area contributed by atoms with E-state index in [1.165, 1.54) is 32.1 Å². The quantitative estimate of drug-likeness (QED) is 0.217. The van der Waals surface area contributed by atoms with Crippen LogP contribution in [-0.4, -0.2) is 87.9 Å². The van der Waals surface area contributed by atoms with Gasteiger partial charge < -0.3 is 20.3 Å². The molecule has 166 valence electrons. The largest absolute Gasteiger partial charge is 0.378 e. The summed E-state index contributed by atoms with van der Waals surface area (Å²) in [7, 11) is 4.07. The molecule has 1 aliphatic carbocycles. The molecule has 0 bridgehead atoms. The number of hydrogen-bond acceptors (Lipinski definition) is 4. The molecular formula is C21H44IN5O. The Morgan fingerprint density at radius 2 is 1.75 bits per heavy atom. The highest BCUT2D eigenvalue weighted by Crippen LogP contribution is 2.20. The summed E-state index contributed by atoms with van der Waals surface area (Å²) in [4.78, 5) is 9.43. The lowest BCUT2D eigenvalue weighted by molar-refractivity contribution is 0.0277. The van der Waals surface area contributed by atoms with Crippen LogP contribution in [-0.2, 0) is 4.74 Å². The van der Waals surface area contributed by atoms with Crippen molar-refractivity contribution in [3.63, 3.8) is 0 Å². The summed E-state index contributed by atoms with van der Waals surface area (Å²) in [5, 5.41) is 6.99. The van der Waals surface area contributed by atoms with Gasteiger partial charge in [0.05, 0.1) is 6.10 Å². The molecule has 0 amide bonds. The number of hydrogen-bond donors (Lipinski definition) is 2. The third-order valence-electron chi connectivity index (χ3n) is 6.00. The Balaban J connectivity index is 0.00000392. The molecule has 0 aromatic carbocycles. The molecule has 0 radical (unpaired) electrons. The van der Waals surface area contributed by atoms with Crippen molar-refractivity contribution in [1.29, 1.82) is 0 Å². The molecule has 0 spiro atoms. The second-order valence-electron chi connectivity index (χ2n) is 8.51. The summed E-state index contributed by atoms with van der Waals surface area (Å²) in [5.41, 5.74) is 0. The van der Waals surface area contributed by atoms with Crippen molar-refractivity contribution >= 4 is 29.9 Å². The van der Waals surface area contributed by atoms with E-state index in [1.807, 2.05) is 7.05 Å². The van der Waals surface area contributed by atoms with E-state index in [2.05, 4.69) is 46.3 Å². The fraction of sp³-hybridized carbons (Fsp3) is 0.952. The van der Waals surface area contributed by atoms with Crippen LogP contribution in [0.25, 0.3) is 0 Å². The van der Waals surface area contributed by atoms with Crippen molar-refractivity contribution in [2.45, 2.75) is 64.5 Å². The highest BCUT2D eigenvalue weighted by molar-refractivity contribution is 14.0. The van der Waals surface area contributed by atoms with Crippen LogP contribution in [0.15, 0.2) is 4.99 Å². The maximum absolute atomic E-state index is 6.01. The van der Waals surface area contributed by atoms with Crippen LogP contribution in [0.5, 0.6) is 0 Å². The van der Waals surface area contributed by atoms with E-state index < -0.39 is 0 Å². The minimum atomic E-state index is 0. The Morgan fingerprint density at radius 3 is 2.36 bits per heavy atom. The normalized spacial score (nSPS) is 21.4. The minimum Gasteiger partial charge on any atom is -0.378 e. The van der Waals surface area contributed by atoms with Gasteiger partial charge in [0.2, 0.25) is 0 Å². The molecule has 1 unspecified atom stereocenters. The van der Waals surface area contributed by atoms with E-state index in [1.54, 1.807) is 0 Å². The third kappa shape index (κ3) is 9.59. The average molecular weight is 510 g/mol. The zero-order valence-electron chi connectivity index (χ0n) is 18.6. The summed E-state index contributed by atoms with van der Waals surface area (Å²) in [6.07, 6.45) is 8.09. The van der Waals surface area contributed by atoms with E-state index >= 15 is 0 Å². The first kappa shape index (κ1) is 25.9. The molecule has 2 rings (SSSR count). The Hall–Kier alpha value is -0.120. The molecule has 1 saturated carbocycles. The number of likely N-dealkylation sites (N-methyl/N-ethyl adjacent to an activating group) is 1. The van der Waals surface area contributed by atoms with Crippen molar-refractivity contribution in [3.05, 3.63) is 0 Å².